The minimum atomic E-state index is -3.34. The predicted octanol–water partition coefficient (Wildman–Crippen LogP) is 0.915. The number of likely N-dealkylation sites (tertiary alicyclic amines) is 1. The zero-order valence-electron chi connectivity index (χ0n) is 11.9. The Morgan fingerprint density at radius 1 is 1.20 bits per heavy atom. The van der Waals surface area contributed by atoms with Gasteiger partial charge in [-0.25, -0.2) is 8.42 Å². The van der Waals surface area contributed by atoms with Gasteiger partial charge in [0.2, 0.25) is 5.91 Å². The smallest absolute Gasteiger partial charge is 0.306 e. The van der Waals surface area contributed by atoms with E-state index in [9.17, 15) is 18.0 Å². The molecule has 0 aliphatic carbocycles. The van der Waals surface area contributed by atoms with Crippen LogP contribution < -0.4 is 0 Å². The van der Waals surface area contributed by atoms with E-state index in [0.717, 1.165) is 12.8 Å². The summed E-state index contributed by atoms with van der Waals surface area (Å²) >= 11 is 0. The molecule has 1 rings (SSSR count). The zero-order chi connectivity index (χ0) is 15.2. The van der Waals surface area contributed by atoms with E-state index in [1.54, 1.807) is 0 Å². The van der Waals surface area contributed by atoms with Gasteiger partial charge in [-0.1, -0.05) is 19.8 Å². The summed E-state index contributed by atoms with van der Waals surface area (Å²) in [6, 6.07) is 0. The summed E-state index contributed by atoms with van der Waals surface area (Å²) in [4.78, 5) is 24.2. The molecule has 1 amide bonds. The number of nitrogens with zero attached hydrogens (tertiary/aromatic N) is 1. The fraction of sp³-hybridized carbons (Fsp3) is 0.846. The molecule has 7 heteroatoms. The summed E-state index contributed by atoms with van der Waals surface area (Å²) in [6.45, 7) is 2.66. The number of aliphatic carboxylic acids is 1. The van der Waals surface area contributed by atoms with E-state index in [-0.39, 0.29) is 5.75 Å². The number of piperidine rings is 1. The molecule has 0 aromatic carbocycles. The highest BCUT2D eigenvalue weighted by atomic mass is 32.2. The fourth-order valence-electron chi connectivity index (χ4n) is 2.30. The zero-order valence-corrected chi connectivity index (χ0v) is 12.7. The number of hydrogen-bond acceptors (Lipinski definition) is 4. The summed E-state index contributed by atoms with van der Waals surface area (Å²) in [6.07, 6.45) is 3.17. The fourth-order valence-corrected chi connectivity index (χ4v) is 3.65. The molecule has 1 heterocycles. The normalized spacial score (nSPS) is 17.1. The summed E-state index contributed by atoms with van der Waals surface area (Å²) in [5.74, 6) is -2.05. The van der Waals surface area contributed by atoms with Crippen LogP contribution in [0.25, 0.3) is 0 Å². The molecule has 1 aliphatic rings. The van der Waals surface area contributed by atoms with Crippen LogP contribution in [-0.4, -0.2) is 54.9 Å². The van der Waals surface area contributed by atoms with Crippen molar-refractivity contribution in [3.8, 4) is 0 Å². The van der Waals surface area contributed by atoms with Crippen LogP contribution in [0, 0.1) is 5.92 Å². The maximum atomic E-state index is 11.9. The first kappa shape index (κ1) is 16.9. The Morgan fingerprint density at radius 2 is 1.80 bits per heavy atom. The number of carbonyl (C=O) groups is 2. The van der Waals surface area contributed by atoms with E-state index < -0.39 is 33.4 Å². The molecule has 1 N–H and O–H groups in total. The Hall–Kier alpha value is -1.11. The maximum Gasteiger partial charge on any atom is 0.306 e. The summed E-state index contributed by atoms with van der Waals surface area (Å²) in [5, 5.41) is 8.87. The van der Waals surface area contributed by atoms with Crippen LogP contribution in [-0.2, 0) is 19.4 Å². The van der Waals surface area contributed by atoms with Crippen LogP contribution >= 0.6 is 0 Å². The molecule has 0 spiro atoms. The van der Waals surface area contributed by atoms with Crippen LogP contribution in [0.3, 0.4) is 0 Å². The summed E-state index contributed by atoms with van der Waals surface area (Å²) < 4.78 is 23.6. The maximum absolute atomic E-state index is 11.9. The van der Waals surface area contributed by atoms with Gasteiger partial charge in [0.25, 0.3) is 0 Å². The second-order valence-corrected chi connectivity index (χ2v) is 7.48. The largest absolute Gasteiger partial charge is 0.481 e. The SMILES string of the molecule is CCCCCS(=O)(=O)CC(=O)N1CCC(C(=O)O)CC1. The first-order valence-electron chi connectivity index (χ1n) is 7.06. The van der Waals surface area contributed by atoms with Crippen molar-refractivity contribution >= 4 is 21.7 Å². The third-order valence-corrected chi connectivity index (χ3v) is 5.20. The lowest BCUT2D eigenvalue weighted by Crippen LogP contribution is -2.43. The Bertz CT molecular complexity index is 438. The highest BCUT2D eigenvalue weighted by Crippen LogP contribution is 2.17. The van der Waals surface area contributed by atoms with Gasteiger partial charge < -0.3 is 10.0 Å². The number of carboxylic acid groups (broad SMARTS) is 1. The van der Waals surface area contributed by atoms with Gasteiger partial charge >= 0.3 is 5.97 Å². The van der Waals surface area contributed by atoms with Crippen molar-refractivity contribution in [3.05, 3.63) is 0 Å². The Morgan fingerprint density at radius 3 is 2.30 bits per heavy atom. The molecule has 116 valence electrons. The number of rotatable bonds is 7. The van der Waals surface area contributed by atoms with Crippen molar-refractivity contribution < 1.29 is 23.1 Å². The number of amides is 1. The van der Waals surface area contributed by atoms with E-state index in [1.165, 1.54) is 4.90 Å². The van der Waals surface area contributed by atoms with Crippen LogP contribution in [0.15, 0.2) is 0 Å². The van der Waals surface area contributed by atoms with E-state index >= 15 is 0 Å². The molecule has 0 aromatic heterocycles. The van der Waals surface area contributed by atoms with E-state index in [2.05, 4.69) is 0 Å². The number of unbranched alkanes of at least 4 members (excludes halogenated alkanes) is 2. The third-order valence-electron chi connectivity index (χ3n) is 3.60. The topological polar surface area (TPSA) is 91.8 Å². The molecular formula is C13H23NO5S. The van der Waals surface area contributed by atoms with Crippen LogP contribution in [0.5, 0.6) is 0 Å². The quantitative estimate of drug-likeness (QED) is 0.706. The molecule has 1 saturated heterocycles. The third kappa shape index (κ3) is 5.48. The van der Waals surface area contributed by atoms with E-state index in [1.807, 2.05) is 6.92 Å². The van der Waals surface area contributed by atoms with Crippen molar-refractivity contribution in [2.24, 2.45) is 5.92 Å². The van der Waals surface area contributed by atoms with Crippen molar-refractivity contribution in [2.75, 3.05) is 24.6 Å². The van der Waals surface area contributed by atoms with Crippen LogP contribution in [0.4, 0.5) is 0 Å². The lowest BCUT2D eigenvalue weighted by Gasteiger charge is -2.30. The minimum Gasteiger partial charge on any atom is -0.481 e. The Balaban J connectivity index is 2.42. The van der Waals surface area contributed by atoms with Crippen molar-refractivity contribution in [1.29, 1.82) is 0 Å². The van der Waals surface area contributed by atoms with Crippen LogP contribution in [0.1, 0.15) is 39.0 Å². The van der Waals surface area contributed by atoms with Crippen LogP contribution in [0.2, 0.25) is 0 Å². The van der Waals surface area contributed by atoms with Gasteiger partial charge in [-0.05, 0) is 19.3 Å². The predicted molar refractivity (Wildman–Crippen MR) is 75.1 cm³/mol. The second-order valence-electron chi connectivity index (χ2n) is 5.29. The summed E-state index contributed by atoms with van der Waals surface area (Å²) in [5.41, 5.74) is 0. The molecule has 0 bridgehead atoms. The van der Waals surface area contributed by atoms with Crippen molar-refractivity contribution in [2.45, 2.75) is 39.0 Å². The van der Waals surface area contributed by atoms with Gasteiger partial charge in [-0.15, -0.1) is 0 Å². The molecule has 20 heavy (non-hydrogen) atoms. The van der Waals surface area contributed by atoms with Crippen molar-refractivity contribution in [1.82, 2.24) is 4.90 Å². The molecule has 1 aliphatic heterocycles. The number of sulfone groups is 1. The summed E-state index contributed by atoms with van der Waals surface area (Å²) in [7, 11) is -3.34. The van der Waals surface area contributed by atoms with Gasteiger partial charge in [0.15, 0.2) is 9.84 Å². The van der Waals surface area contributed by atoms with Gasteiger partial charge in [0.05, 0.1) is 11.7 Å². The molecule has 0 radical (unpaired) electrons. The standard InChI is InChI=1S/C13H23NO5S/c1-2-3-4-9-20(18,19)10-12(15)14-7-5-11(6-8-14)13(16)17/h11H,2-10H2,1H3,(H,16,17). The van der Waals surface area contributed by atoms with E-state index in [0.29, 0.717) is 32.4 Å². The Kier molecular flexibility index (Phi) is 6.45. The first-order valence-corrected chi connectivity index (χ1v) is 8.89. The number of carbonyl (C=O) groups excluding carboxylic acids is 1. The highest BCUT2D eigenvalue weighted by molar-refractivity contribution is 7.92. The molecule has 0 atom stereocenters. The van der Waals surface area contributed by atoms with Gasteiger partial charge in [-0.2, -0.15) is 0 Å². The lowest BCUT2D eigenvalue weighted by molar-refractivity contribution is -0.145. The van der Waals surface area contributed by atoms with Gasteiger partial charge in [0.1, 0.15) is 5.75 Å². The minimum absolute atomic E-state index is 0.0537. The first-order chi connectivity index (χ1) is 9.35. The molecule has 0 aromatic rings. The monoisotopic (exact) mass is 305 g/mol. The lowest BCUT2D eigenvalue weighted by atomic mass is 9.97. The molecule has 6 nitrogen and oxygen atoms in total. The highest BCUT2D eigenvalue weighted by Gasteiger charge is 2.28. The Labute approximate surface area is 120 Å². The van der Waals surface area contributed by atoms with E-state index in [4.69, 9.17) is 5.11 Å². The molecule has 0 saturated carbocycles. The second kappa shape index (κ2) is 7.61. The van der Waals surface area contributed by atoms with Gasteiger partial charge in [0, 0.05) is 13.1 Å². The van der Waals surface area contributed by atoms with Gasteiger partial charge in [-0.3, -0.25) is 9.59 Å². The number of carboxylic acids is 1. The van der Waals surface area contributed by atoms with Crippen molar-refractivity contribution in [3.63, 3.8) is 0 Å². The molecule has 1 fully saturated rings. The molecular weight excluding hydrogens is 282 g/mol. The number of hydrogen-bond donors (Lipinski definition) is 1. The average Bonchev–Trinajstić information content (AvgIpc) is 2.38. The molecule has 0 unspecified atom stereocenters. The average molecular weight is 305 g/mol.